The molecule has 0 spiro atoms. The van der Waals surface area contributed by atoms with Crippen molar-refractivity contribution in [2.75, 3.05) is 0 Å². The van der Waals surface area contributed by atoms with Gasteiger partial charge < -0.3 is 9.29 Å². The number of carbonyl (C=O) groups excluding carboxylic acids is 2. The van der Waals surface area contributed by atoms with Crippen molar-refractivity contribution in [3.05, 3.63) is 29.8 Å². The molecule has 6 heteroatoms. The molecule has 0 bridgehead atoms. The summed E-state index contributed by atoms with van der Waals surface area (Å²) in [4.78, 5) is 22.8. The number of Topliss-reactive ketones (excluding diaryl/α,β-unsaturated/α-hetero) is 1. The molecule has 1 aromatic carbocycles. The molecule has 32 heavy (non-hydrogen) atoms. The Bertz CT molecular complexity index is 875. The van der Waals surface area contributed by atoms with Crippen LogP contribution in [0, 0.1) is 34.5 Å². The molecule has 2 N–H and O–H groups in total. The van der Waals surface area contributed by atoms with Gasteiger partial charge in [-0.3, -0.25) is 14.3 Å². The molecule has 0 radical (unpaired) electrons. The van der Waals surface area contributed by atoms with Gasteiger partial charge in [-0.15, -0.1) is 0 Å². The molecule has 4 aliphatic rings. The second-order valence-electron chi connectivity index (χ2n) is 11.2. The number of fused-ring (bicyclic) bond motifs is 5. The van der Waals surface area contributed by atoms with E-state index >= 15 is 0 Å². The highest BCUT2D eigenvalue weighted by Crippen LogP contribution is 2.69. The van der Waals surface area contributed by atoms with E-state index in [1.807, 2.05) is 12.1 Å². The summed E-state index contributed by atoms with van der Waals surface area (Å²) in [6.45, 7) is 4.80. The van der Waals surface area contributed by atoms with Crippen molar-refractivity contribution in [1.29, 1.82) is 0 Å². The molecule has 1 amide bonds. The minimum atomic E-state index is -0.220. The second kappa shape index (κ2) is 8.35. The quantitative estimate of drug-likeness (QED) is 0.280. The number of amides is 1. The lowest BCUT2D eigenvalue weighted by Gasteiger charge is -2.62. The Kier molecular flexibility index (Phi) is 5.81. The fourth-order valence-corrected chi connectivity index (χ4v) is 8.68. The molecule has 1 aromatic rings. The van der Waals surface area contributed by atoms with Crippen molar-refractivity contribution < 1.29 is 18.9 Å². The number of carbonyl (C=O) groups is 2. The van der Waals surface area contributed by atoms with E-state index in [0.29, 0.717) is 47.5 Å². The molecule has 8 atom stereocenters. The summed E-state index contributed by atoms with van der Waals surface area (Å²) in [6, 6.07) is 8.31. The molecule has 5 nitrogen and oxygen atoms in total. The largest absolute Gasteiger partial charge is 0.405 e. The average molecular weight is 458 g/mol. The summed E-state index contributed by atoms with van der Waals surface area (Å²) in [5.41, 5.74) is 1.48. The lowest BCUT2D eigenvalue weighted by atomic mass is 9.42. The minimum Gasteiger partial charge on any atom is -0.405 e. The Labute approximate surface area is 195 Å². The predicted octanol–water partition coefficient (Wildman–Crippen LogP) is 5.04. The number of hydrogen-bond acceptors (Lipinski definition) is 5. The van der Waals surface area contributed by atoms with E-state index in [-0.39, 0.29) is 16.9 Å². The van der Waals surface area contributed by atoms with Crippen molar-refractivity contribution in [3.63, 3.8) is 0 Å². The van der Waals surface area contributed by atoms with Crippen LogP contribution >= 0.6 is 12.2 Å². The van der Waals surface area contributed by atoms with E-state index in [1.165, 1.54) is 12.0 Å². The van der Waals surface area contributed by atoms with Gasteiger partial charge in [0.15, 0.2) is 12.2 Å². The van der Waals surface area contributed by atoms with E-state index in [0.717, 1.165) is 57.2 Å². The maximum absolute atomic E-state index is 12.3. The number of nitrogens with one attached hydrogen (secondary N) is 1. The van der Waals surface area contributed by atoms with Gasteiger partial charge in [-0.25, -0.2) is 0 Å². The number of aliphatic hydroxyl groups excluding tert-OH is 1. The van der Waals surface area contributed by atoms with Crippen LogP contribution in [-0.2, 0) is 9.59 Å². The summed E-state index contributed by atoms with van der Waals surface area (Å²) in [7, 11) is 0. The monoisotopic (exact) mass is 457 g/mol. The minimum absolute atomic E-state index is 0.0293. The number of benzene rings is 1. The van der Waals surface area contributed by atoms with Crippen LogP contribution in [0.25, 0.3) is 0 Å². The molecule has 4 saturated carbocycles. The van der Waals surface area contributed by atoms with E-state index in [9.17, 15) is 14.7 Å². The van der Waals surface area contributed by atoms with Gasteiger partial charge in [-0.1, -0.05) is 26.0 Å². The molecule has 0 aromatic heterocycles. The zero-order chi connectivity index (χ0) is 22.5. The van der Waals surface area contributed by atoms with Crippen LogP contribution in [0.1, 0.15) is 76.7 Å². The molecule has 5 rings (SSSR count). The van der Waals surface area contributed by atoms with Crippen molar-refractivity contribution in [1.82, 2.24) is 4.72 Å². The molecule has 174 valence electrons. The van der Waals surface area contributed by atoms with Crippen LogP contribution in [0.4, 0.5) is 0 Å². The van der Waals surface area contributed by atoms with Crippen molar-refractivity contribution in [2.45, 2.75) is 77.2 Å². The summed E-state index contributed by atoms with van der Waals surface area (Å²) >= 11 is 0.910. The number of aliphatic hydroxyl groups is 1. The average Bonchev–Trinajstić information content (AvgIpc) is 3.09. The lowest BCUT2D eigenvalue weighted by Crippen LogP contribution is -2.56. The summed E-state index contributed by atoms with van der Waals surface area (Å²) < 4.78 is 7.96. The molecule has 0 heterocycles. The normalized spacial score (nSPS) is 43.0. The molecule has 8 unspecified atom stereocenters. The van der Waals surface area contributed by atoms with Gasteiger partial charge in [0.2, 0.25) is 6.41 Å². The van der Waals surface area contributed by atoms with E-state index in [4.69, 9.17) is 4.18 Å². The van der Waals surface area contributed by atoms with E-state index < -0.39 is 0 Å². The molecular formula is C26H35NO4S. The third-order valence-corrected chi connectivity index (χ3v) is 10.4. The highest BCUT2D eigenvalue weighted by atomic mass is 32.2. The Morgan fingerprint density at radius 1 is 1.12 bits per heavy atom. The SMILES string of the molecule is CC12CC(c3ccc(OSNC=O)cc3)C3C(CCC4CC(=O)CCC43C)C1CCC2O. The van der Waals surface area contributed by atoms with Crippen LogP contribution in [0.5, 0.6) is 5.75 Å². The van der Waals surface area contributed by atoms with Gasteiger partial charge in [-0.2, -0.15) is 0 Å². The van der Waals surface area contributed by atoms with Crippen molar-refractivity contribution in [3.8, 4) is 5.75 Å². The zero-order valence-corrected chi connectivity index (χ0v) is 19.9. The third kappa shape index (κ3) is 3.49. The molecule has 4 fully saturated rings. The van der Waals surface area contributed by atoms with Crippen LogP contribution < -0.4 is 8.91 Å². The van der Waals surface area contributed by atoms with E-state index in [2.05, 4.69) is 30.7 Å². The number of hydrogen-bond donors (Lipinski definition) is 2. The smallest absolute Gasteiger partial charge is 0.219 e. The first-order valence-corrected chi connectivity index (χ1v) is 12.9. The fraction of sp³-hybridized carbons (Fsp3) is 0.692. The topological polar surface area (TPSA) is 75.6 Å². The third-order valence-electron chi connectivity index (χ3n) is 9.93. The van der Waals surface area contributed by atoms with Crippen LogP contribution in [0.3, 0.4) is 0 Å². The highest BCUT2D eigenvalue weighted by molar-refractivity contribution is 7.93. The summed E-state index contributed by atoms with van der Waals surface area (Å²) in [5, 5.41) is 11.0. The molecule has 0 aliphatic heterocycles. The molecule has 4 aliphatic carbocycles. The first kappa shape index (κ1) is 22.3. The van der Waals surface area contributed by atoms with Gasteiger partial charge in [0.1, 0.15) is 11.5 Å². The Morgan fingerprint density at radius 2 is 1.91 bits per heavy atom. The zero-order valence-electron chi connectivity index (χ0n) is 19.1. The van der Waals surface area contributed by atoms with Gasteiger partial charge in [0.25, 0.3) is 0 Å². The Hall–Kier alpha value is -1.53. The molecule has 0 saturated heterocycles. The van der Waals surface area contributed by atoms with Crippen molar-refractivity contribution in [2.24, 2.45) is 34.5 Å². The van der Waals surface area contributed by atoms with Gasteiger partial charge in [-0.05, 0) is 96.6 Å². The number of ketones is 1. The highest BCUT2D eigenvalue weighted by Gasteiger charge is 2.63. The van der Waals surface area contributed by atoms with E-state index in [1.54, 1.807) is 0 Å². The predicted molar refractivity (Wildman–Crippen MR) is 125 cm³/mol. The second-order valence-corrected chi connectivity index (χ2v) is 11.8. The van der Waals surface area contributed by atoms with Gasteiger partial charge in [0.05, 0.1) is 6.10 Å². The maximum Gasteiger partial charge on any atom is 0.219 e. The van der Waals surface area contributed by atoms with Crippen molar-refractivity contribution >= 4 is 24.4 Å². The van der Waals surface area contributed by atoms with Gasteiger partial charge in [0, 0.05) is 12.8 Å². The van der Waals surface area contributed by atoms with Gasteiger partial charge >= 0.3 is 0 Å². The fourth-order valence-electron chi connectivity index (χ4n) is 8.39. The van der Waals surface area contributed by atoms with Crippen LogP contribution in [-0.4, -0.2) is 23.4 Å². The lowest BCUT2D eigenvalue weighted by molar-refractivity contribution is -0.147. The summed E-state index contributed by atoms with van der Waals surface area (Å²) in [6.07, 6.45) is 8.29. The number of rotatable bonds is 5. The van der Waals surface area contributed by atoms with Crippen LogP contribution in [0.15, 0.2) is 24.3 Å². The molecular weight excluding hydrogens is 422 g/mol. The van der Waals surface area contributed by atoms with Crippen LogP contribution in [0.2, 0.25) is 0 Å². The maximum atomic E-state index is 12.3. The standard InChI is InChI=1S/C26H35NO4S/c1-25-12-11-18(29)13-17(25)5-8-20-22-9-10-23(30)26(22,2)14-21(24(20)25)16-3-6-19(7-4-16)31-32-27-15-28/h3-4,6-7,15,17,20-24,30H,5,8-14H2,1-2H3,(H,27,28). The Morgan fingerprint density at radius 3 is 2.66 bits per heavy atom. The first-order valence-electron chi connectivity index (χ1n) is 12.2. The summed E-state index contributed by atoms with van der Waals surface area (Å²) in [5.74, 6) is 3.79. The first-order chi connectivity index (χ1) is 15.4. The Balaban J connectivity index is 1.50.